The lowest BCUT2D eigenvalue weighted by molar-refractivity contribution is -0.185. The van der Waals surface area contributed by atoms with Gasteiger partial charge in [0.1, 0.15) is 29.0 Å². The third-order valence-corrected chi connectivity index (χ3v) is 7.39. The first-order valence-electron chi connectivity index (χ1n) is 14.2. The van der Waals surface area contributed by atoms with Crippen LogP contribution < -0.4 is 4.74 Å². The molecule has 0 spiro atoms. The highest BCUT2D eigenvalue weighted by Crippen LogP contribution is 2.37. The molecule has 0 saturated heterocycles. The van der Waals surface area contributed by atoms with Crippen molar-refractivity contribution >= 4 is 0 Å². The van der Waals surface area contributed by atoms with Gasteiger partial charge in [0.05, 0.1) is 11.1 Å². The van der Waals surface area contributed by atoms with Gasteiger partial charge in [-0.25, -0.2) is 26.3 Å². The van der Waals surface area contributed by atoms with Crippen molar-refractivity contribution in [1.82, 2.24) is 0 Å². The Labute approximate surface area is 254 Å². The van der Waals surface area contributed by atoms with Gasteiger partial charge in [0.25, 0.3) is 0 Å². The summed E-state index contributed by atoms with van der Waals surface area (Å²) in [6.45, 7) is 2.07. The summed E-state index contributed by atoms with van der Waals surface area (Å²) in [6, 6.07) is 16.1. The van der Waals surface area contributed by atoms with Gasteiger partial charge in [-0.2, -0.15) is 8.78 Å². The third kappa shape index (κ3) is 7.03. The van der Waals surface area contributed by atoms with E-state index in [1.54, 1.807) is 12.1 Å². The van der Waals surface area contributed by atoms with Crippen molar-refractivity contribution in [3.63, 3.8) is 0 Å². The Balaban J connectivity index is 1.35. The van der Waals surface area contributed by atoms with Gasteiger partial charge < -0.3 is 4.74 Å². The van der Waals surface area contributed by atoms with E-state index in [-0.39, 0.29) is 27.8 Å². The minimum atomic E-state index is -3.77. The van der Waals surface area contributed by atoms with Crippen LogP contribution in [0.25, 0.3) is 33.4 Å². The smallest absolute Gasteiger partial charge is 0.426 e. The lowest BCUT2D eigenvalue weighted by Crippen LogP contribution is -2.22. The maximum Gasteiger partial charge on any atom is 0.426 e. The molecule has 5 rings (SSSR count). The molecule has 232 valence electrons. The van der Waals surface area contributed by atoms with Crippen molar-refractivity contribution in [1.29, 1.82) is 0 Å². The Morgan fingerprint density at radius 3 is 1.73 bits per heavy atom. The van der Waals surface area contributed by atoms with E-state index in [1.807, 2.05) is 0 Å². The summed E-state index contributed by atoms with van der Waals surface area (Å²) in [7, 11) is 0. The Morgan fingerprint density at radius 2 is 1.11 bits per heavy atom. The number of aryl methyl sites for hydroxylation is 1. The molecule has 0 aliphatic heterocycles. The lowest BCUT2D eigenvalue weighted by Gasteiger charge is -2.19. The molecule has 0 aliphatic carbocycles. The normalized spacial score (nSPS) is 11.6. The zero-order valence-corrected chi connectivity index (χ0v) is 23.9. The molecule has 5 aromatic rings. The summed E-state index contributed by atoms with van der Waals surface area (Å²) < 4.78 is 122. The predicted octanol–water partition coefficient (Wildman–Crippen LogP) is 11.4. The van der Waals surface area contributed by atoms with Gasteiger partial charge >= 0.3 is 6.11 Å². The molecule has 0 radical (unpaired) electrons. The average molecular weight is 627 g/mol. The second-order valence-corrected chi connectivity index (χ2v) is 10.6. The van der Waals surface area contributed by atoms with Crippen molar-refractivity contribution in [3.05, 3.63) is 137 Å². The van der Waals surface area contributed by atoms with Crippen molar-refractivity contribution in [2.75, 3.05) is 0 Å². The molecule has 0 heterocycles. The van der Waals surface area contributed by atoms with E-state index in [9.17, 15) is 22.0 Å². The zero-order valence-electron chi connectivity index (χ0n) is 23.9. The summed E-state index contributed by atoms with van der Waals surface area (Å²) in [5.74, 6) is -7.10. The third-order valence-electron chi connectivity index (χ3n) is 7.39. The maximum atomic E-state index is 15.2. The number of hydrogen-bond donors (Lipinski definition) is 0. The molecule has 45 heavy (non-hydrogen) atoms. The number of hydrogen-bond acceptors (Lipinski definition) is 1. The van der Waals surface area contributed by atoms with Crippen molar-refractivity contribution in [2.45, 2.75) is 38.7 Å². The SMILES string of the molecule is CCCCCc1ccc(C(F)(F)Oc2ccc(-c3cc(F)c(-c4ccc(-c5ccc(F)c(F)c5)c(F)c4)c(F)c3)c(F)c2)cc1. The van der Waals surface area contributed by atoms with Gasteiger partial charge in [0.15, 0.2) is 11.6 Å². The quantitative estimate of drug-likeness (QED) is 0.111. The van der Waals surface area contributed by atoms with E-state index < -0.39 is 57.9 Å². The molecule has 0 amide bonds. The summed E-state index contributed by atoms with van der Waals surface area (Å²) in [5, 5.41) is 0. The lowest BCUT2D eigenvalue weighted by atomic mass is 9.96. The Hall–Kier alpha value is -4.66. The molecule has 0 unspecified atom stereocenters. The predicted molar refractivity (Wildman–Crippen MR) is 157 cm³/mol. The molecular weight excluding hydrogens is 600 g/mol. The standard InChI is InChI=1S/C36H26F8O/c1-2-3-4-5-21-6-10-25(11-7-21)36(43,44)45-26-12-14-28(31(39)20-26)24-18-33(41)35(34(42)19-24)23-8-13-27(30(38)17-23)22-9-15-29(37)32(40)16-22/h6-20H,2-5H2,1H3. The van der Waals surface area contributed by atoms with Crippen LogP contribution in [0.4, 0.5) is 35.1 Å². The monoisotopic (exact) mass is 626 g/mol. The first-order chi connectivity index (χ1) is 21.5. The topological polar surface area (TPSA) is 9.23 Å². The molecule has 1 nitrogen and oxygen atoms in total. The summed E-state index contributed by atoms with van der Waals surface area (Å²) in [6.07, 6.45) is 0.00246. The van der Waals surface area contributed by atoms with Crippen LogP contribution in [-0.2, 0) is 12.5 Å². The fourth-order valence-electron chi connectivity index (χ4n) is 5.02. The minimum Gasteiger partial charge on any atom is -0.429 e. The van der Waals surface area contributed by atoms with Crippen LogP contribution in [0.5, 0.6) is 5.75 Å². The van der Waals surface area contributed by atoms with Gasteiger partial charge in [-0.3, -0.25) is 0 Å². The van der Waals surface area contributed by atoms with Crippen LogP contribution >= 0.6 is 0 Å². The number of unbranched alkanes of at least 4 members (excludes halogenated alkanes) is 2. The highest BCUT2D eigenvalue weighted by atomic mass is 19.3. The van der Waals surface area contributed by atoms with E-state index in [0.717, 1.165) is 79.8 Å². The van der Waals surface area contributed by atoms with Crippen LogP contribution in [0, 0.1) is 34.9 Å². The molecule has 5 aromatic carbocycles. The first-order valence-corrected chi connectivity index (χ1v) is 14.2. The molecule has 0 saturated carbocycles. The van der Waals surface area contributed by atoms with Gasteiger partial charge in [0.2, 0.25) is 0 Å². The van der Waals surface area contributed by atoms with E-state index in [0.29, 0.717) is 6.07 Å². The van der Waals surface area contributed by atoms with E-state index in [2.05, 4.69) is 6.92 Å². The number of halogens is 8. The molecule has 0 aromatic heterocycles. The Bertz CT molecular complexity index is 1810. The van der Waals surface area contributed by atoms with Crippen LogP contribution in [0.1, 0.15) is 37.3 Å². The van der Waals surface area contributed by atoms with Gasteiger partial charge in [-0.05, 0) is 89.7 Å². The van der Waals surface area contributed by atoms with Gasteiger partial charge in [-0.1, -0.05) is 50.1 Å². The highest BCUT2D eigenvalue weighted by molar-refractivity contribution is 5.75. The second-order valence-electron chi connectivity index (χ2n) is 10.6. The van der Waals surface area contributed by atoms with Crippen LogP contribution in [0.15, 0.2) is 91.0 Å². The minimum absolute atomic E-state index is 0.0191. The van der Waals surface area contributed by atoms with Crippen LogP contribution in [0.2, 0.25) is 0 Å². The summed E-state index contributed by atoms with van der Waals surface area (Å²) in [5.41, 5.74) is -0.928. The molecule has 0 atom stereocenters. The second kappa shape index (κ2) is 13.1. The first kappa shape index (κ1) is 31.8. The fraction of sp³-hybridized carbons (Fsp3) is 0.167. The Kier molecular flexibility index (Phi) is 9.27. The number of ether oxygens (including phenoxy) is 1. The van der Waals surface area contributed by atoms with E-state index in [1.165, 1.54) is 24.3 Å². The number of benzene rings is 5. The van der Waals surface area contributed by atoms with Crippen molar-refractivity contribution in [3.8, 4) is 39.1 Å². The van der Waals surface area contributed by atoms with Crippen LogP contribution in [-0.4, -0.2) is 0 Å². The van der Waals surface area contributed by atoms with Gasteiger partial charge in [-0.15, -0.1) is 0 Å². The van der Waals surface area contributed by atoms with Crippen molar-refractivity contribution < 1.29 is 39.9 Å². The molecule has 0 bridgehead atoms. The summed E-state index contributed by atoms with van der Waals surface area (Å²) in [4.78, 5) is 0. The Morgan fingerprint density at radius 1 is 0.533 bits per heavy atom. The molecule has 0 aliphatic rings. The molecule has 0 fully saturated rings. The number of rotatable bonds is 10. The molecular formula is C36H26F8O. The van der Waals surface area contributed by atoms with E-state index >= 15 is 13.2 Å². The number of alkyl halides is 2. The highest BCUT2D eigenvalue weighted by Gasteiger charge is 2.34. The van der Waals surface area contributed by atoms with Gasteiger partial charge in [0, 0.05) is 17.2 Å². The molecule has 0 N–H and O–H groups in total. The van der Waals surface area contributed by atoms with Crippen molar-refractivity contribution in [2.24, 2.45) is 0 Å². The maximum absolute atomic E-state index is 15.2. The largest absolute Gasteiger partial charge is 0.429 e. The zero-order chi connectivity index (χ0) is 32.3. The summed E-state index contributed by atoms with van der Waals surface area (Å²) >= 11 is 0. The average Bonchev–Trinajstić information content (AvgIpc) is 2.99. The fourth-order valence-corrected chi connectivity index (χ4v) is 5.02. The van der Waals surface area contributed by atoms with Crippen LogP contribution in [0.3, 0.4) is 0 Å². The van der Waals surface area contributed by atoms with E-state index in [4.69, 9.17) is 4.74 Å². The molecule has 9 heteroatoms.